The molecule has 36 heavy (non-hydrogen) atoms. The second-order valence-electron chi connectivity index (χ2n) is 7.21. The molecule has 0 aliphatic rings. The number of anilines is 1. The van der Waals surface area contributed by atoms with E-state index in [1.165, 1.54) is 0 Å². The first-order valence-electron chi connectivity index (χ1n) is 9.95. The van der Waals surface area contributed by atoms with Crippen LogP contribution in [0.1, 0.15) is 10.4 Å². The number of ether oxygens (including phenoxy) is 1. The fourth-order valence-corrected chi connectivity index (χ4v) is 3.95. The van der Waals surface area contributed by atoms with Crippen molar-refractivity contribution in [2.75, 3.05) is 12.4 Å². The minimum absolute atomic E-state index is 0.128. The van der Waals surface area contributed by atoms with Crippen LogP contribution in [-0.4, -0.2) is 33.0 Å². The molecule has 0 aliphatic heterocycles. The van der Waals surface area contributed by atoms with Gasteiger partial charge in [-0.05, 0) is 64.5 Å². The summed E-state index contributed by atoms with van der Waals surface area (Å²) < 4.78 is 11.8. The lowest BCUT2D eigenvalue weighted by atomic mass is 10.1. The highest BCUT2D eigenvalue weighted by atomic mass is 79.9. The quantitative estimate of drug-likeness (QED) is 0.178. The van der Waals surface area contributed by atoms with Gasteiger partial charge in [0.15, 0.2) is 10.7 Å². The van der Waals surface area contributed by atoms with Crippen molar-refractivity contribution in [2.45, 2.75) is 0 Å². The van der Waals surface area contributed by atoms with Crippen LogP contribution < -0.4 is 15.4 Å². The number of hydrogen-bond donors (Lipinski definition) is 2. The zero-order chi connectivity index (χ0) is 26.0. The number of aromatic nitrogens is 1. The molecule has 0 radical (unpaired) electrons. The number of nitrogens with zero attached hydrogens (tertiary/aromatic N) is 3. The summed E-state index contributed by atoms with van der Waals surface area (Å²) >= 11 is 8.58. The molecule has 0 spiro atoms. The maximum absolute atomic E-state index is 12.5. The number of thiocarbonyl (C=S) groups is 1. The zero-order valence-electron chi connectivity index (χ0n) is 18.2. The summed E-state index contributed by atoms with van der Waals surface area (Å²) in [4.78, 5) is 37.4. The highest BCUT2D eigenvalue weighted by Gasteiger charge is 2.20. The summed E-state index contributed by atoms with van der Waals surface area (Å²) in [7, 11) is 1.56. The van der Waals surface area contributed by atoms with Crippen molar-refractivity contribution >= 4 is 67.3 Å². The largest absolute Gasteiger partial charge is 0.496 e. The summed E-state index contributed by atoms with van der Waals surface area (Å²) in [5.74, 6) is 0.194. The van der Waals surface area contributed by atoms with Gasteiger partial charge in [0, 0.05) is 23.4 Å². The number of oxazole rings is 1. The number of amides is 1. The van der Waals surface area contributed by atoms with Gasteiger partial charge in [-0.25, -0.2) is 4.98 Å². The van der Waals surface area contributed by atoms with Gasteiger partial charge in [-0.1, -0.05) is 0 Å². The van der Waals surface area contributed by atoms with E-state index in [4.69, 9.17) is 21.4 Å². The standard InChI is InChI=1S/C22H14BrN5O7S/c1-34-18-4-2-11(8-16(18)23)21-25-17-9-13(3-5-19(17)35-21)24-22(36)26-20(29)12-6-14(27(30)31)10-15(7-12)28(32)33/h2-10H,1H3,(H2,24,26,29,36). The zero-order valence-corrected chi connectivity index (χ0v) is 20.6. The van der Waals surface area contributed by atoms with Gasteiger partial charge < -0.3 is 14.5 Å². The number of fused-ring (bicyclic) bond motifs is 1. The number of nitro benzene ring substituents is 2. The molecule has 1 amide bonds. The molecule has 3 aromatic carbocycles. The first-order chi connectivity index (χ1) is 17.1. The Hall–Kier alpha value is -4.43. The molecular formula is C22H14BrN5O7S. The Morgan fingerprint density at radius 3 is 2.36 bits per heavy atom. The fourth-order valence-electron chi connectivity index (χ4n) is 3.20. The molecule has 4 rings (SSSR count). The third-order valence-corrected chi connectivity index (χ3v) is 5.68. The van der Waals surface area contributed by atoms with Crippen molar-refractivity contribution in [2.24, 2.45) is 0 Å². The molecule has 12 nitrogen and oxygen atoms in total. The van der Waals surface area contributed by atoms with Crippen LogP contribution in [0.2, 0.25) is 0 Å². The molecule has 2 N–H and O–H groups in total. The van der Waals surface area contributed by atoms with Crippen molar-refractivity contribution in [1.29, 1.82) is 0 Å². The molecule has 0 atom stereocenters. The number of methoxy groups -OCH3 is 1. The van der Waals surface area contributed by atoms with E-state index >= 15 is 0 Å². The summed E-state index contributed by atoms with van der Waals surface area (Å²) in [5, 5.41) is 27.1. The topological polar surface area (TPSA) is 163 Å². The number of carbonyl (C=O) groups excluding carboxylic acids is 1. The third-order valence-electron chi connectivity index (χ3n) is 4.86. The average Bonchev–Trinajstić information content (AvgIpc) is 3.27. The summed E-state index contributed by atoms with van der Waals surface area (Å²) in [6.07, 6.45) is 0. The van der Waals surface area contributed by atoms with Crippen LogP contribution in [-0.2, 0) is 0 Å². The van der Waals surface area contributed by atoms with Gasteiger partial charge in [0.2, 0.25) is 5.89 Å². The van der Waals surface area contributed by atoms with Crippen molar-refractivity contribution in [3.05, 3.63) is 84.9 Å². The van der Waals surface area contributed by atoms with Crippen LogP contribution in [0, 0.1) is 20.2 Å². The number of non-ortho nitro benzene ring substituents is 2. The van der Waals surface area contributed by atoms with Crippen LogP contribution in [0.4, 0.5) is 17.1 Å². The summed E-state index contributed by atoms with van der Waals surface area (Å²) in [6.45, 7) is 0. The number of carbonyl (C=O) groups is 1. The number of benzene rings is 3. The maximum atomic E-state index is 12.5. The van der Waals surface area contributed by atoms with Gasteiger partial charge in [0.05, 0.1) is 33.1 Å². The number of halogens is 1. The highest BCUT2D eigenvalue weighted by Crippen LogP contribution is 2.32. The monoisotopic (exact) mass is 571 g/mol. The van der Waals surface area contributed by atoms with Crippen molar-refractivity contribution < 1.29 is 23.8 Å². The van der Waals surface area contributed by atoms with Crippen LogP contribution in [0.5, 0.6) is 5.75 Å². The molecule has 4 aromatic rings. The van der Waals surface area contributed by atoms with Crippen LogP contribution in [0.3, 0.4) is 0 Å². The molecule has 0 unspecified atom stereocenters. The minimum atomic E-state index is -0.853. The molecule has 14 heteroatoms. The van der Waals surface area contributed by atoms with E-state index in [9.17, 15) is 25.0 Å². The molecule has 0 aliphatic carbocycles. The van der Waals surface area contributed by atoms with Crippen LogP contribution in [0.25, 0.3) is 22.6 Å². The Labute approximate surface area is 215 Å². The number of nitrogens with one attached hydrogen (secondary N) is 2. The van der Waals surface area contributed by atoms with Gasteiger partial charge in [-0.15, -0.1) is 0 Å². The molecule has 182 valence electrons. The lowest BCUT2D eigenvalue weighted by Crippen LogP contribution is -2.34. The van der Waals surface area contributed by atoms with Gasteiger partial charge >= 0.3 is 0 Å². The molecule has 0 fully saturated rings. The first kappa shape index (κ1) is 24.7. The molecule has 0 saturated heterocycles. The van der Waals surface area contributed by atoms with Gasteiger partial charge in [0.1, 0.15) is 11.3 Å². The molecular weight excluding hydrogens is 558 g/mol. The van der Waals surface area contributed by atoms with E-state index in [2.05, 4.69) is 31.5 Å². The summed E-state index contributed by atoms with van der Waals surface area (Å²) in [5.41, 5.74) is 0.763. The lowest BCUT2D eigenvalue weighted by molar-refractivity contribution is -0.394. The van der Waals surface area contributed by atoms with E-state index in [-0.39, 0.29) is 10.7 Å². The van der Waals surface area contributed by atoms with Crippen LogP contribution in [0.15, 0.2) is 63.5 Å². The predicted molar refractivity (Wildman–Crippen MR) is 137 cm³/mol. The Kier molecular flexibility index (Phi) is 6.89. The van der Waals surface area contributed by atoms with E-state index in [1.807, 2.05) is 6.07 Å². The minimum Gasteiger partial charge on any atom is -0.496 e. The SMILES string of the molecule is COc1ccc(-c2nc3cc(NC(=S)NC(=O)c4cc([N+](=O)[O-])cc([N+](=O)[O-])c4)ccc3o2)cc1Br. The fraction of sp³-hybridized carbons (Fsp3) is 0.0455. The Morgan fingerprint density at radius 1 is 1.06 bits per heavy atom. The third kappa shape index (κ3) is 5.29. The number of rotatable bonds is 6. The lowest BCUT2D eigenvalue weighted by Gasteiger charge is -2.09. The van der Waals surface area contributed by atoms with Gasteiger partial charge in [0.25, 0.3) is 17.3 Å². The molecule has 0 saturated carbocycles. The van der Waals surface area contributed by atoms with E-state index in [0.717, 1.165) is 28.2 Å². The van der Waals surface area contributed by atoms with Crippen molar-refractivity contribution in [3.8, 4) is 17.2 Å². The second-order valence-corrected chi connectivity index (χ2v) is 8.47. The number of nitro groups is 2. The number of hydrogen-bond acceptors (Lipinski definition) is 9. The van der Waals surface area contributed by atoms with Crippen molar-refractivity contribution in [3.63, 3.8) is 0 Å². The maximum Gasteiger partial charge on any atom is 0.277 e. The van der Waals surface area contributed by atoms with E-state index in [0.29, 0.717) is 28.4 Å². The highest BCUT2D eigenvalue weighted by molar-refractivity contribution is 9.10. The first-order valence-corrected chi connectivity index (χ1v) is 11.2. The Morgan fingerprint density at radius 2 is 1.75 bits per heavy atom. The van der Waals surface area contributed by atoms with E-state index < -0.39 is 27.1 Å². The molecule has 0 bridgehead atoms. The average molecular weight is 572 g/mol. The van der Waals surface area contributed by atoms with Crippen LogP contribution >= 0.6 is 28.1 Å². The van der Waals surface area contributed by atoms with Crippen molar-refractivity contribution in [1.82, 2.24) is 10.3 Å². The second kappa shape index (κ2) is 10.1. The molecule has 1 aromatic heterocycles. The predicted octanol–water partition coefficient (Wildman–Crippen LogP) is 5.21. The normalized spacial score (nSPS) is 10.6. The van der Waals surface area contributed by atoms with Gasteiger partial charge in [-0.2, -0.15) is 0 Å². The smallest absolute Gasteiger partial charge is 0.277 e. The summed E-state index contributed by atoms with van der Waals surface area (Å²) in [6, 6.07) is 13.0. The van der Waals surface area contributed by atoms with Gasteiger partial charge in [-0.3, -0.25) is 30.3 Å². The Balaban J connectivity index is 1.50. The molecule has 1 heterocycles. The Bertz CT molecular complexity index is 1520. The van der Waals surface area contributed by atoms with E-state index in [1.54, 1.807) is 37.4 Å².